The number of rotatable bonds is 2. The van der Waals surface area contributed by atoms with E-state index in [4.69, 9.17) is 4.42 Å². The minimum absolute atomic E-state index is 0.307. The second-order valence-corrected chi connectivity index (χ2v) is 4.99. The summed E-state index contributed by atoms with van der Waals surface area (Å²) in [4.78, 5) is 0. The number of aliphatic hydroxyl groups is 1. The van der Waals surface area contributed by atoms with Crippen LogP contribution in [-0.4, -0.2) is 5.11 Å². The van der Waals surface area contributed by atoms with Crippen LogP contribution in [0.15, 0.2) is 46.9 Å². The molecule has 0 amide bonds. The molecule has 0 radical (unpaired) electrons. The molecule has 0 saturated carbocycles. The van der Waals surface area contributed by atoms with E-state index in [2.05, 4.69) is 0 Å². The predicted octanol–water partition coefficient (Wildman–Crippen LogP) is 4.27. The zero-order valence-corrected chi connectivity index (χ0v) is 11.4. The van der Waals surface area contributed by atoms with Crippen molar-refractivity contribution in [2.75, 3.05) is 0 Å². The summed E-state index contributed by atoms with van der Waals surface area (Å²) >= 11 is 0. The van der Waals surface area contributed by atoms with Gasteiger partial charge in [-0.15, -0.1) is 0 Å². The molecule has 0 aliphatic heterocycles. The summed E-state index contributed by atoms with van der Waals surface area (Å²) in [6.07, 6.45) is -0.841. The fourth-order valence-electron chi connectivity index (χ4n) is 2.51. The first-order valence-electron chi connectivity index (χ1n) is 6.50. The quantitative estimate of drug-likeness (QED) is 0.754. The summed E-state index contributed by atoms with van der Waals surface area (Å²) < 4.78 is 19.0. The highest BCUT2D eigenvalue weighted by Gasteiger charge is 2.21. The number of halogens is 1. The van der Waals surface area contributed by atoms with Gasteiger partial charge in [0.2, 0.25) is 0 Å². The van der Waals surface area contributed by atoms with Gasteiger partial charge in [-0.3, -0.25) is 0 Å². The molecule has 0 bridgehead atoms. The normalized spacial score (nSPS) is 12.8. The highest BCUT2D eigenvalue weighted by atomic mass is 19.1. The number of benzene rings is 2. The summed E-state index contributed by atoms with van der Waals surface area (Å²) in [6.45, 7) is 3.78. The molecule has 0 saturated heterocycles. The maximum absolute atomic E-state index is 13.3. The lowest BCUT2D eigenvalue weighted by Crippen LogP contribution is -2.01. The molecule has 3 heteroatoms. The van der Waals surface area contributed by atoms with Gasteiger partial charge in [0.15, 0.2) is 0 Å². The van der Waals surface area contributed by atoms with Crippen LogP contribution in [0.4, 0.5) is 4.39 Å². The van der Waals surface area contributed by atoms with E-state index in [-0.39, 0.29) is 5.82 Å². The van der Waals surface area contributed by atoms with E-state index in [0.29, 0.717) is 16.7 Å². The number of hydrogen-bond acceptors (Lipinski definition) is 2. The van der Waals surface area contributed by atoms with Crippen molar-refractivity contribution in [1.82, 2.24) is 0 Å². The van der Waals surface area contributed by atoms with Gasteiger partial charge < -0.3 is 9.52 Å². The van der Waals surface area contributed by atoms with Crippen LogP contribution in [0.3, 0.4) is 0 Å². The Hall–Kier alpha value is -2.13. The molecule has 0 aliphatic carbocycles. The Morgan fingerprint density at radius 3 is 2.60 bits per heavy atom. The largest absolute Gasteiger partial charge is 0.458 e. The summed E-state index contributed by atoms with van der Waals surface area (Å²) in [5.41, 5.74) is 3.16. The molecule has 1 heterocycles. The molecule has 0 spiro atoms. The second kappa shape index (κ2) is 4.76. The Morgan fingerprint density at radius 1 is 1.10 bits per heavy atom. The molecule has 20 heavy (non-hydrogen) atoms. The first-order valence-corrected chi connectivity index (χ1v) is 6.50. The molecular formula is C17H15FO2. The van der Waals surface area contributed by atoms with Crippen molar-refractivity contribution >= 4 is 11.0 Å². The maximum atomic E-state index is 13.3. The Balaban J connectivity index is 2.15. The lowest BCUT2D eigenvalue weighted by Gasteiger charge is -2.12. The third-order valence-corrected chi connectivity index (χ3v) is 3.67. The van der Waals surface area contributed by atoms with E-state index in [9.17, 15) is 9.50 Å². The van der Waals surface area contributed by atoms with E-state index in [1.807, 2.05) is 38.1 Å². The Kier molecular flexibility index (Phi) is 3.07. The van der Waals surface area contributed by atoms with Gasteiger partial charge in [-0.05, 0) is 43.2 Å². The summed E-state index contributed by atoms with van der Waals surface area (Å²) in [7, 11) is 0. The number of aliphatic hydroxyl groups excluding tert-OH is 1. The number of fused-ring (bicyclic) bond motifs is 1. The van der Waals surface area contributed by atoms with Crippen molar-refractivity contribution in [3.8, 4) is 0 Å². The van der Waals surface area contributed by atoms with E-state index in [1.165, 1.54) is 12.1 Å². The van der Waals surface area contributed by atoms with Crippen LogP contribution >= 0.6 is 0 Å². The van der Waals surface area contributed by atoms with Crippen molar-refractivity contribution in [1.29, 1.82) is 0 Å². The van der Waals surface area contributed by atoms with Crippen molar-refractivity contribution in [2.24, 2.45) is 0 Å². The van der Waals surface area contributed by atoms with E-state index >= 15 is 0 Å². The van der Waals surface area contributed by atoms with Crippen molar-refractivity contribution in [3.05, 3.63) is 70.7 Å². The topological polar surface area (TPSA) is 33.4 Å². The molecule has 3 aromatic rings. The van der Waals surface area contributed by atoms with E-state index < -0.39 is 6.10 Å². The summed E-state index contributed by atoms with van der Waals surface area (Å²) in [5.74, 6) is 0.165. The molecule has 2 nitrogen and oxygen atoms in total. The van der Waals surface area contributed by atoms with Crippen LogP contribution in [0.5, 0.6) is 0 Å². The third kappa shape index (κ3) is 2.00. The maximum Gasteiger partial charge on any atom is 0.141 e. The average Bonchev–Trinajstić information content (AvgIpc) is 2.76. The van der Waals surface area contributed by atoms with Crippen molar-refractivity contribution < 1.29 is 13.9 Å². The fourth-order valence-corrected chi connectivity index (χ4v) is 2.51. The van der Waals surface area contributed by atoms with Crippen LogP contribution in [0.2, 0.25) is 0 Å². The van der Waals surface area contributed by atoms with Gasteiger partial charge >= 0.3 is 0 Å². The Labute approximate surface area is 116 Å². The molecule has 102 valence electrons. The average molecular weight is 270 g/mol. The summed E-state index contributed by atoms with van der Waals surface area (Å²) in [6, 6.07) is 12.0. The first-order chi connectivity index (χ1) is 9.58. The molecule has 0 aliphatic rings. The van der Waals surface area contributed by atoms with E-state index in [0.717, 1.165) is 16.7 Å². The number of hydrogen-bond donors (Lipinski definition) is 1. The van der Waals surface area contributed by atoms with Crippen LogP contribution in [0.1, 0.15) is 28.6 Å². The molecule has 1 atom stereocenters. The Morgan fingerprint density at radius 2 is 1.85 bits per heavy atom. The molecule has 1 unspecified atom stereocenters. The van der Waals surface area contributed by atoms with Gasteiger partial charge in [0.25, 0.3) is 0 Å². The molecule has 1 N–H and O–H groups in total. The number of furan rings is 1. The Bertz CT molecular complexity index is 774. The minimum Gasteiger partial charge on any atom is -0.458 e. The third-order valence-electron chi connectivity index (χ3n) is 3.67. The van der Waals surface area contributed by atoms with Gasteiger partial charge in [0.1, 0.15) is 23.3 Å². The van der Waals surface area contributed by atoms with Gasteiger partial charge in [0.05, 0.1) is 0 Å². The zero-order valence-electron chi connectivity index (χ0n) is 11.4. The molecule has 1 aromatic heterocycles. The van der Waals surface area contributed by atoms with Crippen molar-refractivity contribution in [3.63, 3.8) is 0 Å². The van der Waals surface area contributed by atoms with Gasteiger partial charge in [0, 0.05) is 10.9 Å². The molecular weight excluding hydrogens is 255 g/mol. The van der Waals surface area contributed by atoms with Gasteiger partial charge in [-0.25, -0.2) is 4.39 Å². The molecule has 2 aromatic carbocycles. The smallest absolute Gasteiger partial charge is 0.141 e. The zero-order chi connectivity index (χ0) is 14.3. The second-order valence-electron chi connectivity index (χ2n) is 4.99. The van der Waals surface area contributed by atoms with Crippen LogP contribution < -0.4 is 0 Å². The van der Waals surface area contributed by atoms with Crippen LogP contribution in [-0.2, 0) is 0 Å². The van der Waals surface area contributed by atoms with Crippen molar-refractivity contribution in [2.45, 2.75) is 20.0 Å². The van der Waals surface area contributed by atoms with Gasteiger partial charge in [-0.2, -0.15) is 0 Å². The SMILES string of the molecule is Cc1ccccc1C(O)c1oc2ccc(F)cc2c1C. The monoisotopic (exact) mass is 270 g/mol. The van der Waals surface area contributed by atoms with Crippen LogP contribution in [0.25, 0.3) is 11.0 Å². The highest BCUT2D eigenvalue weighted by molar-refractivity contribution is 5.82. The fraction of sp³-hybridized carbons (Fsp3) is 0.176. The molecule has 3 rings (SSSR count). The molecule has 0 fully saturated rings. The standard InChI is InChI=1S/C17H15FO2/c1-10-5-3-4-6-13(10)16(19)17-11(2)14-9-12(18)7-8-15(14)20-17/h3-9,16,19H,1-2H3. The lowest BCUT2D eigenvalue weighted by molar-refractivity contribution is 0.190. The van der Waals surface area contributed by atoms with E-state index in [1.54, 1.807) is 6.07 Å². The first kappa shape index (κ1) is 12.9. The number of aryl methyl sites for hydroxylation is 2. The van der Waals surface area contributed by atoms with Crippen LogP contribution in [0, 0.1) is 19.7 Å². The lowest BCUT2D eigenvalue weighted by atomic mass is 9.99. The van der Waals surface area contributed by atoms with Gasteiger partial charge in [-0.1, -0.05) is 24.3 Å². The highest BCUT2D eigenvalue weighted by Crippen LogP contribution is 2.33. The predicted molar refractivity (Wildman–Crippen MR) is 76.1 cm³/mol. The summed E-state index contributed by atoms with van der Waals surface area (Å²) in [5, 5.41) is 11.2. The minimum atomic E-state index is -0.841.